The van der Waals surface area contributed by atoms with Gasteiger partial charge in [0.2, 0.25) is 5.88 Å². The first-order chi connectivity index (χ1) is 6.18. The highest BCUT2D eigenvalue weighted by Crippen LogP contribution is 2.22. The number of nitrogens with zero attached hydrogens (tertiary/aromatic N) is 1. The fourth-order valence-electron chi connectivity index (χ4n) is 1.37. The Morgan fingerprint density at radius 2 is 2.15 bits per heavy atom. The number of para-hydroxylation sites is 1. The van der Waals surface area contributed by atoms with E-state index in [1.807, 2.05) is 6.92 Å². The second-order valence-corrected chi connectivity index (χ2v) is 2.93. The van der Waals surface area contributed by atoms with Gasteiger partial charge in [-0.15, -0.1) is 0 Å². The van der Waals surface area contributed by atoms with Crippen LogP contribution in [0.25, 0.3) is 10.9 Å². The van der Waals surface area contributed by atoms with Crippen molar-refractivity contribution in [3.05, 3.63) is 35.6 Å². The smallest absolute Gasteiger partial charge is 0.211 e. The average Bonchev–Trinajstić information content (AvgIpc) is 2.07. The molecule has 0 aliphatic heterocycles. The van der Waals surface area contributed by atoms with Crippen LogP contribution in [0, 0.1) is 12.7 Å². The van der Waals surface area contributed by atoms with Gasteiger partial charge in [-0.3, -0.25) is 0 Å². The maximum absolute atomic E-state index is 13.2. The summed E-state index contributed by atoms with van der Waals surface area (Å²) >= 11 is 0. The van der Waals surface area contributed by atoms with Crippen molar-refractivity contribution in [3.8, 4) is 5.88 Å². The number of rotatable bonds is 0. The van der Waals surface area contributed by atoms with E-state index in [0.717, 1.165) is 10.9 Å². The summed E-state index contributed by atoms with van der Waals surface area (Å²) in [6, 6.07) is 6.25. The zero-order valence-electron chi connectivity index (χ0n) is 7.08. The summed E-state index contributed by atoms with van der Waals surface area (Å²) in [4.78, 5) is 3.72. The average molecular weight is 177 g/mol. The van der Waals surface area contributed by atoms with Gasteiger partial charge in [0.25, 0.3) is 0 Å². The highest BCUT2D eigenvalue weighted by atomic mass is 19.1. The number of halogens is 1. The second kappa shape index (κ2) is 2.69. The Labute approximate surface area is 74.7 Å². The van der Waals surface area contributed by atoms with Crippen molar-refractivity contribution in [3.63, 3.8) is 0 Å². The van der Waals surface area contributed by atoms with Crippen molar-refractivity contribution in [2.24, 2.45) is 0 Å². The standard InChI is InChI=1S/C10H8FNO/c1-6-5-9(13)12-10-7(6)3-2-4-8(10)11/h2-5H,1H3,(H,12,13). The fraction of sp³-hybridized carbons (Fsp3) is 0.100. The van der Waals surface area contributed by atoms with Crippen LogP contribution in [0.5, 0.6) is 5.88 Å². The van der Waals surface area contributed by atoms with Gasteiger partial charge in [-0.2, -0.15) is 0 Å². The number of pyridine rings is 1. The minimum atomic E-state index is -0.406. The molecule has 0 aliphatic rings. The molecule has 0 saturated carbocycles. The molecule has 13 heavy (non-hydrogen) atoms. The first-order valence-corrected chi connectivity index (χ1v) is 3.93. The Morgan fingerprint density at radius 3 is 2.92 bits per heavy atom. The van der Waals surface area contributed by atoms with Crippen LogP contribution in [0.3, 0.4) is 0 Å². The molecule has 1 N–H and O–H groups in total. The predicted octanol–water partition coefficient (Wildman–Crippen LogP) is 2.39. The van der Waals surface area contributed by atoms with Crippen molar-refractivity contribution in [1.29, 1.82) is 0 Å². The lowest BCUT2D eigenvalue weighted by Gasteiger charge is -2.02. The van der Waals surface area contributed by atoms with Crippen LogP contribution in [0.1, 0.15) is 5.56 Å². The van der Waals surface area contributed by atoms with Gasteiger partial charge < -0.3 is 5.11 Å². The Hall–Kier alpha value is -1.64. The van der Waals surface area contributed by atoms with E-state index in [4.69, 9.17) is 5.11 Å². The monoisotopic (exact) mass is 177 g/mol. The lowest BCUT2D eigenvalue weighted by molar-refractivity contribution is 0.454. The molecular formula is C10H8FNO. The molecule has 0 amide bonds. The molecule has 0 aliphatic carbocycles. The SMILES string of the molecule is Cc1cc(O)nc2c(F)cccc12. The zero-order chi connectivity index (χ0) is 9.42. The quantitative estimate of drug-likeness (QED) is 0.670. The summed E-state index contributed by atoms with van der Waals surface area (Å²) < 4.78 is 13.2. The van der Waals surface area contributed by atoms with Crippen molar-refractivity contribution in [2.75, 3.05) is 0 Å². The highest BCUT2D eigenvalue weighted by Gasteiger charge is 2.05. The van der Waals surface area contributed by atoms with E-state index in [0.29, 0.717) is 0 Å². The molecule has 0 fully saturated rings. The van der Waals surface area contributed by atoms with Crippen molar-refractivity contribution in [1.82, 2.24) is 4.98 Å². The molecule has 0 atom stereocenters. The number of benzene rings is 1. The fourth-order valence-corrected chi connectivity index (χ4v) is 1.37. The number of aromatic hydroxyl groups is 1. The summed E-state index contributed by atoms with van der Waals surface area (Å²) in [6.07, 6.45) is 0. The molecule has 0 spiro atoms. The van der Waals surface area contributed by atoms with Gasteiger partial charge in [-0.1, -0.05) is 12.1 Å². The van der Waals surface area contributed by atoms with Crippen molar-refractivity contribution in [2.45, 2.75) is 6.92 Å². The van der Waals surface area contributed by atoms with Gasteiger partial charge >= 0.3 is 0 Å². The molecule has 2 aromatic rings. The van der Waals surface area contributed by atoms with Crippen molar-refractivity contribution >= 4 is 10.9 Å². The van der Waals surface area contributed by atoms with Crippen LogP contribution < -0.4 is 0 Å². The van der Waals surface area contributed by atoms with Gasteiger partial charge in [0, 0.05) is 11.5 Å². The van der Waals surface area contributed by atoms with E-state index in [2.05, 4.69) is 4.98 Å². The molecule has 3 heteroatoms. The molecule has 1 aromatic carbocycles. The van der Waals surface area contributed by atoms with Crippen LogP contribution in [-0.4, -0.2) is 10.1 Å². The molecule has 2 nitrogen and oxygen atoms in total. The van der Waals surface area contributed by atoms with E-state index in [9.17, 15) is 4.39 Å². The molecule has 1 heterocycles. The molecule has 1 aromatic heterocycles. The Kier molecular flexibility index (Phi) is 1.65. The summed E-state index contributed by atoms with van der Waals surface area (Å²) in [5.74, 6) is -0.549. The molecule has 66 valence electrons. The molecule has 0 saturated heterocycles. The third-order valence-electron chi connectivity index (χ3n) is 1.98. The van der Waals surface area contributed by atoms with E-state index in [-0.39, 0.29) is 11.4 Å². The maximum atomic E-state index is 13.2. The van der Waals surface area contributed by atoms with Crippen LogP contribution in [0.15, 0.2) is 24.3 Å². The largest absolute Gasteiger partial charge is 0.493 e. The second-order valence-electron chi connectivity index (χ2n) is 2.93. The summed E-state index contributed by atoms with van der Waals surface area (Å²) in [5.41, 5.74) is 1.04. The number of fused-ring (bicyclic) bond motifs is 1. The highest BCUT2D eigenvalue weighted by molar-refractivity contribution is 5.82. The molecule has 0 unspecified atom stereocenters. The zero-order valence-corrected chi connectivity index (χ0v) is 7.08. The van der Waals surface area contributed by atoms with Gasteiger partial charge in [0.1, 0.15) is 11.3 Å². The minimum absolute atomic E-state index is 0.143. The topological polar surface area (TPSA) is 33.1 Å². The van der Waals surface area contributed by atoms with Crippen LogP contribution in [0.2, 0.25) is 0 Å². The number of hydrogen-bond acceptors (Lipinski definition) is 2. The van der Waals surface area contributed by atoms with E-state index in [1.165, 1.54) is 12.1 Å². The lowest BCUT2D eigenvalue weighted by atomic mass is 10.1. The van der Waals surface area contributed by atoms with Gasteiger partial charge in [-0.25, -0.2) is 9.37 Å². The normalized spacial score (nSPS) is 10.6. The van der Waals surface area contributed by atoms with Crippen molar-refractivity contribution < 1.29 is 9.50 Å². The Bertz CT molecular complexity index is 468. The maximum Gasteiger partial charge on any atom is 0.211 e. The third kappa shape index (κ3) is 1.22. The summed E-state index contributed by atoms with van der Waals surface area (Å²) in [7, 11) is 0. The number of aryl methyl sites for hydroxylation is 1. The lowest BCUT2D eigenvalue weighted by Crippen LogP contribution is -1.87. The summed E-state index contributed by atoms with van der Waals surface area (Å²) in [6.45, 7) is 1.81. The summed E-state index contributed by atoms with van der Waals surface area (Å²) in [5, 5.41) is 9.89. The van der Waals surface area contributed by atoms with E-state index < -0.39 is 5.82 Å². The van der Waals surface area contributed by atoms with Crippen LogP contribution >= 0.6 is 0 Å². The minimum Gasteiger partial charge on any atom is -0.493 e. The molecular weight excluding hydrogens is 169 g/mol. The van der Waals surface area contributed by atoms with Crippen LogP contribution in [0.4, 0.5) is 4.39 Å². The first-order valence-electron chi connectivity index (χ1n) is 3.93. The van der Waals surface area contributed by atoms with Gasteiger partial charge in [0.05, 0.1) is 0 Å². The van der Waals surface area contributed by atoms with E-state index in [1.54, 1.807) is 12.1 Å². The number of aromatic nitrogens is 1. The number of hydrogen-bond donors (Lipinski definition) is 1. The molecule has 2 rings (SSSR count). The third-order valence-corrected chi connectivity index (χ3v) is 1.98. The van der Waals surface area contributed by atoms with E-state index >= 15 is 0 Å². The Balaban J connectivity index is 2.94. The first kappa shape index (κ1) is 7.98. The van der Waals surface area contributed by atoms with Gasteiger partial charge in [0.15, 0.2) is 0 Å². The van der Waals surface area contributed by atoms with Gasteiger partial charge in [-0.05, 0) is 18.6 Å². The van der Waals surface area contributed by atoms with Crippen LogP contribution in [-0.2, 0) is 0 Å². The molecule has 0 bridgehead atoms. The molecule has 0 radical (unpaired) electrons. The Morgan fingerprint density at radius 1 is 1.38 bits per heavy atom. The predicted molar refractivity (Wildman–Crippen MR) is 48.1 cm³/mol.